The molecule has 0 spiro atoms. The van der Waals surface area contributed by atoms with Gasteiger partial charge in [-0.15, -0.1) is 0 Å². The van der Waals surface area contributed by atoms with Crippen molar-refractivity contribution in [1.29, 1.82) is 0 Å². The predicted octanol–water partition coefficient (Wildman–Crippen LogP) is 6.78. The summed E-state index contributed by atoms with van der Waals surface area (Å²) in [6, 6.07) is 31.7. The van der Waals surface area contributed by atoms with E-state index in [0.717, 1.165) is 12.5 Å². The first-order valence-electron chi connectivity index (χ1n) is 13.8. The second-order valence-electron chi connectivity index (χ2n) is 9.61. The molecule has 0 amide bonds. The predicted molar refractivity (Wildman–Crippen MR) is 182 cm³/mol. The maximum absolute atomic E-state index is 5.12. The molecule has 5 nitrogen and oxygen atoms in total. The van der Waals surface area contributed by atoms with Gasteiger partial charge in [0.25, 0.3) is 0 Å². The van der Waals surface area contributed by atoms with Crippen molar-refractivity contribution < 1.29 is 0 Å². The molecule has 2 unspecified atom stereocenters. The lowest BCUT2D eigenvalue weighted by Gasteiger charge is -2.33. The zero-order valence-corrected chi connectivity index (χ0v) is 25.8. The number of guanidine groups is 2. The summed E-state index contributed by atoms with van der Waals surface area (Å²) in [7, 11) is -1.77. The van der Waals surface area contributed by atoms with E-state index < -0.39 is 16.1 Å². The summed E-state index contributed by atoms with van der Waals surface area (Å²) < 4.78 is 0. The number of nitrogens with zero attached hydrogens (tertiary/aromatic N) is 3. The van der Waals surface area contributed by atoms with Crippen molar-refractivity contribution in [2.75, 3.05) is 13.2 Å². The van der Waals surface area contributed by atoms with Crippen LogP contribution in [0.5, 0.6) is 0 Å². The molecule has 0 fully saturated rings. The maximum Gasteiger partial charge on any atom is 0.226 e. The first kappa shape index (κ1) is 30.2. The average molecular weight is 580 g/mol. The fraction of sp³-hybridized carbons (Fsp3) is 0.176. The number of hydrogen-bond donors (Lipinski definition) is 2. The van der Waals surface area contributed by atoms with Crippen LogP contribution in [-0.2, 0) is 0 Å². The van der Waals surface area contributed by atoms with Gasteiger partial charge in [0.05, 0.1) is 16.1 Å². The molecule has 0 saturated heterocycles. The van der Waals surface area contributed by atoms with E-state index in [2.05, 4.69) is 151 Å². The van der Waals surface area contributed by atoms with E-state index >= 15 is 0 Å². The van der Waals surface area contributed by atoms with Crippen LogP contribution in [0.3, 0.4) is 0 Å². The number of rotatable bonds is 11. The van der Waals surface area contributed by atoms with Gasteiger partial charge in [-0.25, -0.2) is 4.99 Å². The van der Waals surface area contributed by atoms with Gasteiger partial charge in [0.1, 0.15) is 6.67 Å². The fourth-order valence-corrected chi connectivity index (χ4v) is 7.96. The lowest BCUT2D eigenvalue weighted by atomic mass is 10.1. The van der Waals surface area contributed by atoms with Gasteiger partial charge in [0.15, 0.2) is 0 Å². The highest BCUT2D eigenvalue weighted by Gasteiger charge is 2.25. The Morgan fingerprint density at radius 3 is 2.05 bits per heavy atom. The molecular weight excluding hydrogens is 540 g/mol. The van der Waals surface area contributed by atoms with E-state index in [-0.39, 0.29) is 0 Å². The van der Waals surface area contributed by atoms with Crippen LogP contribution >= 0.6 is 16.1 Å². The molecule has 0 radical (unpaired) electrons. The van der Waals surface area contributed by atoms with Crippen LogP contribution in [-0.4, -0.2) is 30.0 Å². The zero-order valence-electron chi connectivity index (χ0n) is 24.1. The lowest BCUT2D eigenvalue weighted by Crippen LogP contribution is -2.46. The highest BCUT2D eigenvalue weighted by atomic mass is 31.1. The van der Waals surface area contributed by atoms with Crippen molar-refractivity contribution >= 4 is 44.0 Å². The van der Waals surface area contributed by atoms with E-state index in [1.54, 1.807) is 0 Å². The smallest absolute Gasteiger partial charge is 0.226 e. The molecule has 4 rings (SSSR count). The summed E-state index contributed by atoms with van der Waals surface area (Å²) >= 11 is 0. The average Bonchev–Trinajstić information content (AvgIpc) is 3.01. The normalized spacial score (nSPS) is 15.5. The van der Waals surface area contributed by atoms with Gasteiger partial charge in [0, 0.05) is 17.2 Å². The third-order valence-corrected chi connectivity index (χ3v) is 10.5. The minimum absolute atomic E-state index is 0.321. The summed E-state index contributed by atoms with van der Waals surface area (Å²) in [6.45, 7) is 11.7. The Morgan fingerprint density at radius 1 is 0.902 bits per heavy atom. The lowest BCUT2D eigenvalue weighted by molar-refractivity contribution is 0.382. The summed E-state index contributed by atoms with van der Waals surface area (Å²) in [4.78, 5) is 12.3. The summed E-state index contributed by atoms with van der Waals surface area (Å²) in [5, 5.41) is 12.5. The third-order valence-electron chi connectivity index (χ3n) is 6.33. The van der Waals surface area contributed by atoms with Gasteiger partial charge in [-0.3, -0.25) is 0 Å². The highest BCUT2D eigenvalue weighted by Crippen LogP contribution is 2.39. The molecule has 3 aromatic rings. The van der Waals surface area contributed by atoms with Crippen molar-refractivity contribution in [3.05, 3.63) is 139 Å². The standard InChI is InChI=1S/C34H39N5P2/c1-5-7-11-19-28(3)26-39-27-35-33(37-41(31-22-14-9-15-23-31)32-24-16-10-17-25-32)36-34(39)38-40(29(4)18-6-2)30-20-12-8-13-21-30/h5-25,28H,2,26-27H2,1,3-4H3,(H2,35,36,37,38). The zero-order chi connectivity index (χ0) is 28.9. The Kier molecular flexibility index (Phi) is 11.7. The van der Waals surface area contributed by atoms with Crippen LogP contribution in [0.25, 0.3) is 0 Å². The van der Waals surface area contributed by atoms with E-state index in [9.17, 15) is 0 Å². The number of hydrogen-bond acceptors (Lipinski definition) is 5. The number of allylic oxidation sites excluding steroid dienone is 6. The minimum Gasteiger partial charge on any atom is -0.327 e. The molecule has 0 aromatic heterocycles. The molecule has 2 atom stereocenters. The largest absolute Gasteiger partial charge is 0.327 e. The fourth-order valence-electron chi connectivity index (χ4n) is 4.31. The van der Waals surface area contributed by atoms with Crippen LogP contribution in [0.4, 0.5) is 0 Å². The van der Waals surface area contributed by atoms with Crippen molar-refractivity contribution in [3.63, 3.8) is 0 Å². The first-order valence-corrected chi connectivity index (χ1v) is 16.5. The van der Waals surface area contributed by atoms with Gasteiger partial charge < -0.3 is 15.1 Å². The highest BCUT2D eigenvalue weighted by molar-refractivity contribution is 7.71. The van der Waals surface area contributed by atoms with E-state index in [1.807, 2.05) is 19.1 Å². The van der Waals surface area contributed by atoms with Crippen LogP contribution in [0, 0.1) is 5.92 Å². The second kappa shape index (κ2) is 15.9. The van der Waals surface area contributed by atoms with Gasteiger partial charge in [0.2, 0.25) is 11.9 Å². The Hall–Kier alpha value is -3.78. The number of nitrogens with one attached hydrogen (secondary N) is 2. The SMILES string of the molecule is C=CC=C(C)P(NC1=NC(NP(c2ccccc2)c2ccccc2)=NCN1CC(C)C=CC=CC)c1ccccc1. The molecule has 1 aliphatic rings. The number of benzene rings is 3. The molecule has 3 aromatic carbocycles. The van der Waals surface area contributed by atoms with Gasteiger partial charge in [-0.1, -0.05) is 141 Å². The molecule has 1 heterocycles. The first-order chi connectivity index (χ1) is 20.1. The van der Waals surface area contributed by atoms with Crippen LogP contribution in [0.15, 0.2) is 149 Å². The Labute approximate surface area is 247 Å². The van der Waals surface area contributed by atoms with Crippen LogP contribution in [0.2, 0.25) is 0 Å². The molecule has 1 aliphatic heterocycles. The Bertz CT molecular complexity index is 1360. The van der Waals surface area contributed by atoms with E-state index in [4.69, 9.17) is 9.98 Å². The molecule has 7 heteroatoms. The Morgan fingerprint density at radius 2 is 1.49 bits per heavy atom. The Balaban J connectivity index is 1.68. The van der Waals surface area contributed by atoms with E-state index in [1.165, 1.54) is 21.2 Å². The molecule has 0 bridgehead atoms. The summed E-state index contributed by atoms with van der Waals surface area (Å²) in [5.74, 6) is 1.80. The van der Waals surface area contributed by atoms with Crippen molar-refractivity contribution in [2.24, 2.45) is 15.9 Å². The topological polar surface area (TPSA) is 52.0 Å². The quantitative estimate of drug-likeness (QED) is 0.195. The summed E-state index contributed by atoms with van der Waals surface area (Å²) in [5.41, 5.74) is 0. The molecule has 2 N–H and O–H groups in total. The third kappa shape index (κ3) is 8.85. The number of aliphatic imine (C=N–C) groups is 2. The minimum atomic E-state index is -0.888. The van der Waals surface area contributed by atoms with Crippen molar-refractivity contribution in [1.82, 2.24) is 15.1 Å². The van der Waals surface area contributed by atoms with Crippen LogP contribution < -0.4 is 26.1 Å². The van der Waals surface area contributed by atoms with Crippen LogP contribution in [0.1, 0.15) is 20.8 Å². The molecule has 41 heavy (non-hydrogen) atoms. The van der Waals surface area contributed by atoms with Crippen molar-refractivity contribution in [2.45, 2.75) is 20.8 Å². The molecule has 0 saturated carbocycles. The van der Waals surface area contributed by atoms with Crippen molar-refractivity contribution in [3.8, 4) is 0 Å². The van der Waals surface area contributed by atoms with E-state index in [0.29, 0.717) is 18.5 Å². The maximum atomic E-state index is 5.12. The van der Waals surface area contributed by atoms with Gasteiger partial charge >= 0.3 is 0 Å². The molecular formula is C34H39N5P2. The van der Waals surface area contributed by atoms with Gasteiger partial charge in [-0.05, 0) is 30.4 Å². The summed E-state index contributed by atoms with van der Waals surface area (Å²) in [6.07, 6.45) is 12.4. The molecule has 210 valence electrons. The van der Waals surface area contributed by atoms with Gasteiger partial charge in [-0.2, -0.15) is 4.99 Å². The monoisotopic (exact) mass is 579 g/mol. The molecule has 0 aliphatic carbocycles. The second-order valence-corrected chi connectivity index (χ2v) is 13.7.